The molecule has 0 fully saturated rings. The highest BCUT2D eigenvalue weighted by Crippen LogP contribution is 2.39. The van der Waals surface area contributed by atoms with Crippen LogP contribution in [-0.2, 0) is 0 Å². The molecule has 0 saturated carbocycles. The van der Waals surface area contributed by atoms with Gasteiger partial charge < -0.3 is 14.3 Å². The van der Waals surface area contributed by atoms with E-state index in [1.54, 1.807) is 19.2 Å². The molecule has 3 aromatic carbocycles. The molecule has 0 saturated heterocycles. The van der Waals surface area contributed by atoms with E-state index < -0.39 is 0 Å². The molecule has 0 bridgehead atoms. The Labute approximate surface area is 115 Å². The molecule has 0 spiro atoms. The first-order valence-electron chi connectivity index (χ1n) is 6.39. The molecule has 0 unspecified atom stereocenters. The van der Waals surface area contributed by atoms with Crippen molar-refractivity contribution in [1.29, 1.82) is 0 Å². The first kappa shape index (κ1) is 11.2. The lowest BCUT2D eigenvalue weighted by molar-refractivity contribution is 0.420. The maximum Gasteiger partial charge on any atom is 0.143 e. The van der Waals surface area contributed by atoms with E-state index in [0.29, 0.717) is 5.58 Å². The summed E-state index contributed by atoms with van der Waals surface area (Å²) in [5, 5.41) is 13.6. The smallest absolute Gasteiger partial charge is 0.143 e. The van der Waals surface area contributed by atoms with E-state index >= 15 is 0 Å². The van der Waals surface area contributed by atoms with E-state index in [4.69, 9.17) is 9.15 Å². The van der Waals surface area contributed by atoms with Crippen molar-refractivity contribution in [2.24, 2.45) is 0 Å². The molecule has 0 aliphatic rings. The number of rotatable bonds is 1. The van der Waals surface area contributed by atoms with Gasteiger partial charge in [-0.2, -0.15) is 0 Å². The number of methoxy groups -OCH3 is 1. The maximum absolute atomic E-state index is 9.58. The van der Waals surface area contributed by atoms with Crippen LogP contribution >= 0.6 is 0 Å². The first-order valence-corrected chi connectivity index (χ1v) is 6.39. The number of ether oxygens (including phenoxy) is 1. The summed E-state index contributed by atoms with van der Waals surface area (Å²) in [5.74, 6) is 1.02. The number of phenols is 1. The van der Waals surface area contributed by atoms with Crippen LogP contribution in [0.25, 0.3) is 32.7 Å². The normalized spacial score (nSPS) is 11.4. The van der Waals surface area contributed by atoms with Crippen molar-refractivity contribution in [3.8, 4) is 11.5 Å². The lowest BCUT2D eigenvalue weighted by Gasteiger charge is -2.05. The average Bonchev–Trinajstić information content (AvgIpc) is 2.84. The van der Waals surface area contributed by atoms with Crippen molar-refractivity contribution in [1.82, 2.24) is 0 Å². The van der Waals surface area contributed by atoms with Gasteiger partial charge >= 0.3 is 0 Å². The molecule has 98 valence electrons. The van der Waals surface area contributed by atoms with Crippen LogP contribution in [0.4, 0.5) is 0 Å². The molecule has 1 N–H and O–H groups in total. The van der Waals surface area contributed by atoms with Gasteiger partial charge in [-0.05, 0) is 18.2 Å². The van der Waals surface area contributed by atoms with Gasteiger partial charge in [0.15, 0.2) is 0 Å². The highest BCUT2D eigenvalue weighted by molar-refractivity contribution is 6.16. The molecule has 1 aromatic heterocycles. The average molecular weight is 264 g/mol. The van der Waals surface area contributed by atoms with Crippen molar-refractivity contribution >= 4 is 32.7 Å². The summed E-state index contributed by atoms with van der Waals surface area (Å²) >= 11 is 0. The number of phenolic OH excluding ortho intramolecular Hbond substituents is 1. The fraction of sp³-hybridized carbons (Fsp3) is 0.0588. The second-order valence-corrected chi connectivity index (χ2v) is 4.78. The van der Waals surface area contributed by atoms with Crippen molar-refractivity contribution in [3.63, 3.8) is 0 Å². The van der Waals surface area contributed by atoms with E-state index in [2.05, 4.69) is 0 Å². The van der Waals surface area contributed by atoms with Crippen molar-refractivity contribution in [2.45, 2.75) is 0 Å². The van der Waals surface area contributed by atoms with Gasteiger partial charge in [0.25, 0.3) is 0 Å². The van der Waals surface area contributed by atoms with E-state index in [0.717, 1.165) is 32.9 Å². The number of hydrogen-bond acceptors (Lipinski definition) is 3. The summed E-state index contributed by atoms with van der Waals surface area (Å²) in [6.07, 6.45) is 0. The summed E-state index contributed by atoms with van der Waals surface area (Å²) in [6, 6.07) is 15.1. The highest BCUT2D eigenvalue weighted by atomic mass is 16.5. The van der Waals surface area contributed by atoms with Gasteiger partial charge in [-0.15, -0.1) is 0 Å². The molecule has 0 amide bonds. The lowest BCUT2D eigenvalue weighted by atomic mass is 10.0. The summed E-state index contributed by atoms with van der Waals surface area (Å²) < 4.78 is 11.4. The zero-order valence-electron chi connectivity index (χ0n) is 10.9. The molecule has 4 aromatic rings. The van der Waals surface area contributed by atoms with Crippen LogP contribution in [0, 0.1) is 0 Å². The molecule has 0 aliphatic heterocycles. The molecule has 1 heterocycles. The number of benzene rings is 3. The predicted molar refractivity (Wildman–Crippen MR) is 79.4 cm³/mol. The van der Waals surface area contributed by atoms with Gasteiger partial charge in [0, 0.05) is 27.6 Å². The van der Waals surface area contributed by atoms with Crippen molar-refractivity contribution < 1.29 is 14.3 Å². The Hall–Kier alpha value is -2.68. The van der Waals surface area contributed by atoms with Gasteiger partial charge in [-0.3, -0.25) is 0 Å². The number of aromatic hydroxyl groups is 1. The van der Waals surface area contributed by atoms with Gasteiger partial charge in [0.1, 0.15) is 22.7 Å². The Bertz CT molecular complexity index is 951. The lowest BCUT2D eigenvalue weighted by Crippen LogP contribution is -1.85. The Balaban J connectivity index is 2.28. The zero-order chi connectivity index (χ0) is 13.7. The van der Waals surface area contributed by atoms with Gasteiger partial charge in [-0.25, -0.2) is 0 Å². The third kappa shape index (κ3) is 1.40. The maximum atomic E-state index is 9.58. The molecular formula is C17H12O3. The van der Waals surface area contributed by atoms with Gasteiger partial charge in [0.05, 0.1) is 7.11 Å². The third-order valence-corrected chi connectivity index (χ3v) is 3.64. The third-order valence-electron chi connectivity index (χ3n) is 3.64. The fourth-order valence-corrected chi connectivity index (χ4v) is 2.72. The van der Waals surface area contributed by atoms with Crippen LogP contribution < -0.4 is 4.74 Å². The number of furan rings is 1. The molecule has 0 atom stereocenters. The van der Waals surface area contributed by atoms with E-state index in [-0.39, 0.29) is 5.75 Å². The Morgan fingerprint density at radius 2 is 1.70 bits per heavy atom. The first-order chi connectivity index (χ1) is 9.78. The van der Waals surface area contributed by atoms with Crippen molar-refractivity contribution in [3.05, 3.63) is 48.5 Å². The molecule has 3 nitrogen and oxygen atoms in total. The summed E-state index contributed by atoms with van der Waals surface area (Å²) in [6.45, 7) is 0. The van der Waals surface area contributed by atoms with E-state index in [1.807, 2.05) is 36.4 Å². The van der Waals surface area contributed by atoms with Gasteiger partial charge in [-0.1, -0.05) is 24.3 Å². The summed E-state index contributed by atoms with van der Waals surface area (Å²) in [5.41, 5.74) is 1.50. The molecule has 3 heteroatoms. The van der Waals surface area contributed by atoms with Crippen LogP contribution in [0.1, 0.15) is 0 Å². The second-order valence-electron chi connectivity index (χ2n) is 4.78. The number of hydrogen-bond donors (Lipinski definition) is 1. The van der Waals surface area contributed by atoms with Gasteiger partial charge in [0.2, 0.25) is 0 Å². The second kappa shape index (κ2) is 3.90. The minimum absolute atomic E-state index is 0.202. The highest BCUT2D eigenvalue weighted by Gasteiger charge is 2.13. The van der Waals surface area contributed by atoms with E-state index in [1.165, 1.54) is 0 Å². The molecule has 0 aliphatic carbocycles. The minimum Gasteiger partial charge on any atom is -0.508 e. The number of fused-ring (bicyclic) bond motifs is 5. The molecule has 20 heavy (non-hydrogen) atoms. The van der Waals surface area contributed by atoms with Crippen molar-refractivity contribution in [2.75, 3.05) is 7.11 Å². The van der Waals surface area contributed by atoms with Crippen LogP contribution in [-0.4, -0.2) is 12.2 Å². The molecular weight excluding hydrogens is 252 g/mol. The summed E-state index contributed by atoms with van der Waals surface area (Å²) in [4.78, 5) is 0. The SMILES string of the molecule is COc1cc2c3ccc(O)cc3oc2c2ccccc12. The Morgan fingerprint density at radius 1 is 0.900 bits per heavy atom. The summed E-state index contributed by atoms with van der Waals surface area (Å²) in [7, 11) is 1.67. The Morgan fingerprint density at radius 3 is 2.50 bits per heavy atom. The largest absolute Gasteiger partial charge is 0.508 e. The van der Waals surface area contributed by atoms with Crippen LogP contribution in [0.15, 0.2) is 52.9 Å². The Kier molecular flexibility index (Phi) is 2.18. The zero-order valence-corrected chi connectivity index (χ0v) is 10.9. The monoisotopic (exact) mass is 264 g/mol. The van der Waals surface area contributed by atoms with Crippen LogP contribution in [0.5, 0.6) is 11.5 Å². The fourth-order valence-electron chi connectivity index (χ4n) is 2.72. The predicted octanol–water partition coefficient (Wildman–Crippen LogP) is 4.45. The van der Waals surface area contributed by atoms with Crippen LogP contribution in [0.2, 0.25) is 0 Å². The minimum atomic E-state index is 0.202. The quantitative estimate of drug-likeness (QED) is 0.552. The molecule has 4 rings (SSSR count). The van der Waals surface area contributed by atoms with E-state index in [9.17, 15) is 5.11 Å². The topological polar surface area (TPSA) is 42.6 Å². The standard InChI is InChI=1S/C17H12O3/c1-19-15-9-14-12-7-6-10(18)8-16(12)20-17(14)13-5-3-2-4-11(13)15/h2-9,18H,1H3. The van der Waals surface area contributed by atoms with Crippen LogP contribution in [0.3, 0.4) is 0 Å². The molecule has 0 radical (unpaired) electrons.